The van der Waals surface area contributed by atoms with Gasteiger partial charge in [0.15, 0.2) is 5.16 Å². The minimum absolute atomic E-state index is 0.0218. The van der Waals surface area contributed by atoms with E-state index >= 15 is 0 Å². The second kappa shape index (κ2) is 7.20. The van der Waals surface area contributed by atoms with Gasteiger partial charge in [-0.25, -0.2) is 0 Å². The summed E-state index contributed by atoms with van der Waals surface area (Å²) in [7, 11) is 0. The fourth-order valence-corrected chi connectivity index (χ4v) is 4.75. The molecule has 1 aliphatic carbocycles. The lowest BCUT2D eigenvalue weighted by molar-refractivity contribution is -0.119. The molecule has 1 saturated carbocycles. The van der Waals surface area contributed by atoms with Gasteiger partial charge in [0.1, 0.15) is 5.78 Å². The van der Waals surface area contributed by atoms with Gasteiger partial charge in [0.25, 0.3) is 0 Å². The Morgan fingerprint density at radius 3 is 2.52 bits per heavy atom. The molecule has 0 amide bonds. The average Bonchev–Trinajstić information content (AvgIpc) is 3.27. The third kappa shape index (κ3) is 3.45. The zero-order valence-corrected chi connectivity index (χ0v) is 15.5. The predicted molar refractivity (Wildman–Crippen MR) is 101 cm³/mol. The first kappa shape index (κ1) is 16.6. The van der Waals surface area contributed by atoms with E-state index in [1.807, 2.05) is 0 Å². The molecule has 6 heteroatoms. The van der Waals surface area contributed by atoms with Crippen LogP contribution in [0.5, 0.6) is 0 Å². The lowest BCUT2D eigenvalue weighted by Gasteiger charge is -2.21. The Bertz CT molecular complexity index is 749. The summed E-state index contributed by atoms with van der Waals surface area (Å²) < 4.78 is 2.14. The van der Waals surface area contributed by atoms with Crippen molar-refractivity contribution in [1.29, 1.82) is 0 Å². The maximum Gasteiger partial charge on any atom is 0.232 e. The van der Waals surface area contributed by atoms with Gasteiger partial charge < -0.3 is 4.90 Å². The summed E-state index contributed by atoms with van der Waals surface area (Å²) in [6.07, 6.45) is 6.20. The summed E-state index contributed by atoms with van der Waals surface area (Å²) in [5.74, 6) is 1.27. The zero-order valence-electron chi connectivity index (χ0n) is 14.6. The van der Waals surface area contributed by atoms with Crippen LogP contribution in [0.4, 0.5) is 5.95 Å². The highest BCUT2D eigenvalue weighted by Gasteiger charge is 2.28. The van der Waals surface area contributed by atoms with Crippen LogP contribution in [-0.2, 0) is 4.79 Å². The van der Waals surface area contributed by atoms with Gasteiger partial charge in [0, 0.05) is 19.5 Å². The third-order valence-electron chi connectivity index (χ3n) is 5.04. The molecule has 2 fully saturated rings. The van der Waals surface area contributed by atoms with E-state index in [4.69, 9.17) is 0 Å². The Morgan fingerprint density at radius 2 is 1.80 bits per heavy atom. The van der Waals surface area contributed by atoms with Crippen LogP contribution in [0.25, 0.3) is 5.69 Å². The molecule has 0 radical (unpaired) electrons. The summed E-state index contributed by atoms with van der Waals surface area (Å²) in [4.78, 5) is 14.6. The van der Waals surface area contributed by atoms with Crippen LogP contribution in [0.2, 0.25) is 0 Å². The van der Waals surface area contributed by atoms with Gasteiger partial charge in [-0.3, -0.25) is 9.36 Å². The molecule has 4 rings (SSSR count). The second-order valence-electron chi connectivity index (χ2n) is 6.97. The fraction of sp³-hybridized carbons (Fsp3) is 0.526. The van der Waals surface area contributed by atoms with E-state index in [-0.39, 0.29) is 5.25 Å². The first-order valence-electron chi connectivity index (χ1n) is 9.19. The number of aromatic nitrogens is 3. The molecule has 0 unspecified atom stereocenters. The minimum Gasteiger partial charge on any atom is -0.341 e. The number of Topliss-reactive ketones (excluding diaryl/α,β-unsaturated/α-hetero) is 1. The van der Waals surface area contributed by atoms with E-state index in [9.17, 15) is 4.79 Å². The molecular weight excluding hydrogens is 332 g/mol. The van der Waals surface area contributed by atoms with Crippen molar-refractivity contribution in [2.24, 2.45) is 0 Å². The summed E-state index contributed by atoms with van der Waals surface area (Å²) >= 11 is 1.59. The predicted octanol–water partition coefficient (Wildman–Crippen LogP) is 3.78. The number of aryl methyl sites for hydroxylation is 1. The van der Waals surface area contributed by atoms with E-state index in [2.05, 4.69) is 50.9 Å². The molecule has 1 atom stereocenters. The topological polar surface area (TPSA) is 51.0 Å². The Hall–Kier alpha value is -1.82. The van der Waals surface area contributed by atoms with Crippen molar-refractivity contribution in [3.8, 4) is 5.69 Å². The Labute approximate surface area is 152 Å². The number of nitrogens with zero attached hydrogens (tertiary/aromatic N) is 4. The smallest absolute Gasteiger partial charge is 0.232 e. The van der Waals surface area contributed by atoms with Gasteiger partial charge in [-0.15, -0.1) is 10.2 Å². The van der Waals surface area contributed by atoms with Crippen molar-refractivity contribution in [3.05, 3.63) is 29.8 Å². The normalized spacial score (nSPS) is 21.1. The lowest BCUT2D eigenvalue weighted by atomic mass is 9.99. The molecule has 0 spiro atoms. The molecule has 1 aromatic carbocycles. The zero-order chi connectivity index (χ0) is 17.2. The summed E-state index contributed by atoms with van der Waals surface area (Å²) in [5, 5.41) is 9.83. The number of ketones is 1. The van der Waals surface area contributed by atoms with Crippen LogP contribution < -0.4 is 4.90 Å². The molecule has 1 saturated heterocycles. The molecule has 1 aromatic heterocycles. The fourth-order valence-electron chi connectivity index (χ4n) is 3.58. The van der Waals surface area contributed by atoms with Gasteiger partial charge in [-0.1, -0.05) is 35.9 Å². The van der Waals surface area contributed by atoms with Crippen molar-refractivity contribution < 1.29 is 4.79 Å². The molecule has 132 valence electrons. The highest BCUT2D eigenvalue weighted by Crippen LogP contribution is 2.34. The lowest BCUT2D eigenvalue weighted by Crippen LogP contribution is -2.23. The summed E-state index contributed by atoms with van der Waals surface area (Å²) in [6, 6.07) is 8.46. The number of benzene rings is 1. The molecule has 0 N–H and O–H groups in total. The maximum atomic E-state index is 12.3. The number of rotatable bonds is 4. The first-order valence-corrected chi connectivity index (χ1v) is 10.1. The van der Waals surface area contributed by atoms with Gasteiger partial charge in [-0.2, -0.15) is 0 Å². The van der Waals surface area contributed by atoms with E-state index in [0.29, 0.717) is 12.2 Å². The maximum absolute atomic E-state index is 12.3. The molecular formula is C19H24N4OS. The van der Waals surface area contributed by atoms with Crippen molar-refractivity contribution in [2.75, 3.05) is 18.0 Å². The van der Waals surface area contributed by atoms with Crippen molar-refractivity contribution >= 4 is 23.5 Å². The highest BCUT2D eigenvalue weighted by molar-refractivity contribution is 8.00. The minimum atomic E-state index is 0.0218. The molecule has 25 heavy (non-hydrogen) atoms. The van der Waals surface area contributed by atoms with Gasteiger partial charge in [0.2, 0.25) is 5.95 Å². The molecule has 0 bridgehead atoms. The van der Waals surface area contributed by atoms with Crippen molar-refractivity contribution in [3.63, 3.8) is 0 Å². The standard InChI is InChI=1S/C19H24N4OS/c1-14-8-10-15(11-9-14)23-18(22-12-4-5-13-22)20-21-19(23)25-17-7-3-2-6-16(17)24/h8-11,17H,2-7,12-13H2,1H3/t17-/m0/s1. The van der Waals surface area contributed by atoms with E-state index in [0.717, 1.165) is 49.1 Å². The van der Waals surface area contributed by atoms with E-state index < -0.39 is 0 Å². The Morgan fingerprint density at radius 1 is 1.04 bits per heavy atom. The van der Waals surface area contributed by atoms with Crippen molar-refractivity contribution in [1.82, 2.24) is 14.8 Å². The third-order valence-corrected chi connectivity index (χ3v) is 6.30. The van der Waals surface area contributed by atoms with Crippen LogP contribution in [0.1, 0.15) is 44.1 Å². The van der Waals surface area contributed by atoms with E-state index in [1.165, 1.54) is 18.4 Å². The monoisotopic (exact) mass is 356 g/mol. The Balaban J connectivity index is 1.70. The largest absolute Gasteiger partial charge is 0.341 e. The molecule has 5 nitrogen and oxygen atoms in total. The SMILES string of the molecule is Cc1ccc(-n2c(S[C@H]3CCCCC3=O)nnc2N2CCCC2)cc1. The van der Waals surface area contributed by atoms with Crippen LogP contribution in [-0.4, -0.2) is 38.9 Å². The molecule has 2 aliphatic rings. The highest BCUT2D eigenvalue weighted by atomic mass is 32.2. The molecule has 2 aromatic rings. The summed E-state index contributed by atoms with van der Waals surface area (Å²) in [6.45, 7) is 4.14. The van der Waals surface area contributed by atoms with Crippen LogP contribution >= 0.6 is 11.8 Å². The van der Waals surface area contributed by atoms with Crippen molar-refractivity contribution in [2.45, 2.75) is 55.9 Å². The summed E-state index contributed by atoms with van der Waals surface area (Å²) in [5.41, 5.74) is 2.31. The molecule has 1 aliphatic heterocycles. The first-order chi connectivity index (χ1) is 12.2. The number of thioether (sulfide) groups is 1. The average molecular weight is 356 g/mol. The van der Waals surface area contributed by atoms with Gasteiger partial charge in [-0.05, 0) is 44.7 Å². The number of carbonyl (C=O) groups excluding carboxylic acids is 1. The van der Waals surface area contributed by atoms with E-state index in [1.54, 1.807) is 11.8 Å². The molecule has 2 heterocycles. The second-order valence-corrected chi connectivity index (χ2v) is 8.14. The van der Waals surface area contributed by atoms with Crippen LogP contribution in [0.15, 0.2) is 29.4 Å². The number of anilines is 1. The van der Waals surface area contributed by atoms with Crippen LogP contribution in [0.3, 0.4) is 0 Å². The number of carbonyl (C=O) groups is 1. The van der Waals surface area contributed by atoms with Gasteiger partial charge in [0.05, 0.1) is 10.9 Å². The van der Waals surface area contributed by atoms with Gasteiger partial charge >= 0.3 is 0 Å². The van der Waals surface area contributed by atoms with Crippen LogP contribution in [0, 0.1) is 6.92 Å². The number of hydrogen-bond acceptors (Lipinski definition) is 5. The Kier molecular flexibility index (Phi) is 4.79. The quantitative estimate of drug-likeness (QED) is 0.834. The number of hydrogen-bond donors (Lipinski definition) is 0.